The number of hydrogen-bond acceptors (Lipinski definition) is 3. The van der Waals surface area contributed by atoms with Gasteiger partial charge in [-0.3, -0.25) is 9.69 Å². The van der Waals surface area contributed by atoms with E-state index in [1.807, 2.05) is 6.07 Å². The van der Waals surface area contributed by atoms with E-state index >= 15 is 0 Å². The van der Waals surface area contributed by atoms with E-state index in [1.54, 1.807) is 0 Å². The summed E-state index contributed by atoms with van der Waals surface area (Å²) in [5, 5.41) is 10.5. The Labute approximate surface area is 136 Å². The summed E-state index contributed by atoms with van der Waals surface area (Å²) in [5.41, 5.74) is 3.65. The lowest BCUT2D eigenvalue weighted by Gasteiger charge is -2.46. The van der Waals surface area contributed by atoms with Crippen LogP contribution in [0.4, 0.5) is 0 Å². The molecule has 0 unspecified atom stereocenters. The Kier molecular flexibility index (Phi) is 3.46. The number of aromatic nitrogens is 1. The van der Waals surface area contributed by atoms with Gasteiger partial charge in [-0.2, -0.15) is 5.26 Å². The summed E-state index contributed by atoms with van der Waals surface area (Å²) in [5.74, 6) is 0.495. The molecule has 23 heavy (non-hydrogen) atoms. The summed E-state index contributed by atoms with van der Waals surface area (Å²) in [7, 11) is 0. The number of piperidine rings is 1. The fourth-order valence-electron chi connectivity index (χ4n) is 4.36. The van der Waals surface area contributed by atoms with Crippen LogP contribution in [0.15, 0.2) is 24.3 Å². The predicted octanol–water partition coefficient (Wildman–Crippen LogP) is 3.35. The number of benzene rings is 1. The Hall–Kier alpha value is -2.12. The summed E-state index contributed by atoms with van der Waals surface area (Å²) in [6.07, 6.45) is 2.88. The highest BCUT2D eigenvalue weighted by Gasteiger charge is 2.42. The third kappa shape index (κ3) is 2.19. The molecule has 2 aliphatic heterocycles. The van der Waals surface area contributed by atoms with E-state index in [4.69, 9.17) is 0 Å². The first-order valence-electron chi connectivity index (χ1n) is 8.47. The molecule has 118 valence electrons. The molecule has 3 heterocycles. The van der Waals surface area contributed by atoms with Crippen LogP contribution in [0.25, 0.3) is 10.9 Å². The van der Waals surface area contributed by atoms with Crippen molar-refractivity contribution < 1.29 is 4.79 Å². The highest BCUT2D eigenvalue weighted by atomic mass is 16.1. The second kappa shape index (κ2) is 5.50. The largest absolute Gasteiger partial charge is 0.357 e. The van der Waals surface area contributed by atoms with Crippen molar-refractivity contribution in [3.8, 4) is 6.07 Å². The average Bonchev–Trinajstić information content (AvgIpc) is 2.93. The lowest BCUT2D eigenvalue weighted by molar-refractivity contribution is -0.130. The van der Waals surface area contributed by atoms with Gasteiger partial charge in [-0.1, -0.05) is 25.1 Å². The number of carbonyl (C=O) groups is 1. The van der Waals surface area contributed by atoms with Crippen molar-refractivity contribution in [1.29, 1.82) is 5.26 Å². The number of para-hydroxylation sites is 1. The molecule has 2 aliphatic rings. The topological polar surface area (TPSA) is 59.9 Å². The minimum Gasteiger partial charge on any atom is -0.357 e. The van der Waals surface area contributed by atoms with Gasteiger partial charge in [0.05, 0.1) is 18.5 Å². The second-order valence-electron chi connectivity index (χ2n) is 6.77. The molecule has 1 saturated heterocycles. The lowest BCUT2D eigenvalue weighted by atomic mass is 9.81. The number of Topliss-reactive ketones (excluding diaryl/α,β-unsaturated/α-hetero) is 1. The maximum atomic E-state index is 12.5. The second-order valence-corrected chi connectivity index (χ2v) is 6.77. The van der Waals surface area contributed by atoms with E-state index < -0.39 is 0 Å². The maximum absolute atomic E-state index is 12.5. The van der Waals surface area contributed by atoms with Crippen LogP contribution in [0.5, 0.6) is 0 Å². The number of nitrogens with zero attached hydrogens (tertiary/aromatic N) is 2. The first kappa shape index (κ1) is 14.5. The van der Waals surface area contributed by atoms with E-state index in [-0.39, 0.29) is 18.0 Å². The van der Waals surface area contributed by atoms with Crippen LogP contribution >= 0.6 is 0 Å². The standard InChI is InChI=1S/C19H21N3O/c1-2-12-11-22-13(7-8-20)9-15-14-5-3-4-6-16(14)21-19(15)17(22)10-18(12)23/h3-6,12-13,17,21H,2,7,9-11H2,1H3/t12-,13-,17-/m0/s1. The van der Waals surface area contributed by atoms with Crippen LogP contribution < -0.4 is 0 Å². The third-order valence-corrected chi connectivity index (χ3v) is 5.59. The summed E-state index contributed by atoms with van der Waals surface area (Å²) >= 11 is 0. The zero-order valence-corrected chi connectivity index (χ0v) is 13.4. The number of H-pyrrole nitrogens is 1. The SMILES string of the molecule is CC[C@H]1CN2[C@@H](CC#N)Cc3c([nH]c4ccccc34)[C@@H]2CC1=O. The van der Waals surface area contributed by atoms with E-state index in [9.17, 15) is 10.1 Å². The molecule has 1 aromatic heterocycles. The number of hydrogen-bond donors (Lipinski definition) is 1. The van der Waals surface area contributed by atoms with Crippen LogP contribution in [0, 0.1) is 17.2 Å². The Morgan fingerprint density at radius 1 is 1.35 bits per heavy atom. The van der Waals surface area contributed by atoms with Crippen LogP contribution in [-0.2, 0) is 11.2 Å². The number of ketones is 1. The normalized spacial score (nSPS) is 27.5. The van der Waals surface area contributed by atoms with Gasteiger partial charge in [-0.15, -0.1) is 0 Å². The van der Waals surface area contributed by atoms with Gasteiger partial charge in [0.1, 0.15) is 5.78 Å². The van der Waals surface area contributed by atoms with Crippen molar-refractivity contribution in [2.75, 3.05) is 6.54 Å². The molecule has 4 nitrogen and oxygen atoms in total. The maximum Gasteiger partial charge on any atom is 0.139 e. The van der Waals surface area contributed by atoms with Crippen LogP contribution in [-0.4, -0.2) is 28.3 Å². The molecule has 4 rings (SSSR count). The molecule has 4 heteroatoms. The Morgan fingerprint density at radius 3 is 2.96 bits per heavy atom. The monoisotopic (exact) mass is 307 g/mol. The minimum absolute atomic E-state index is 0.111. The lowest BCUT2D eigenvalue weighted by Crippen LogP contribution is -2.51. The number of nitrogens with one attached hydrogen (secondary N) is 1. The van der Waals surface area contributed by atoms with Gasteiger partial charge in [-0.25, -0.2) is 0 Å². The average molecular weight is 307 g/mol. The van der Waals surface area contributed by atoms with Gasteiger partial charge < -0.3 is 4.98 Å². The summed E-state index contributed by atoms with van der Waals surface area (Å²) in [6.45, 7) is 2.88. The molecule has 1 fully saturated rings. The molecule has 1 aromatic carbocycles. The van der Waals surface area contributed by atoms with E-state index in [0.717, 1.165) is 24.9 Å². The molecule has 2 aromatic rings. The van der Waals surface area contributed by atoms with Gasteiger partial charge in [-0.05, 0) is 24.5 Å². The van der Waals surface area contributed by atoms with Crippen molar-refractivity contribution >= 4 is 16.7 Å². The highest BCUT2D eigenvalue weighted by Crippen LogP contribution is 2.43. The molecule has 0 amide bonds. The smallest absolute Gasteiger partial charge is 0.139 e. The third-order valence-electron chi connectivity index (χ3n) is 5.59. The Morgan fingerprint density at radius 2 is 2.17 bits per heavy atom. The van der Waals surface area contributed by atoms with Crippen molar-refractivity contribution in [2.45, 2.75) is 44.7 Å². The van der Waals surface area contributed by atoms with Gasteiger partial charge in [0.2, 0.25) is 0 Å². The zero-order valence-electron chi connectivity index (χ0n) is 13.4. The van der Waals surface area contributed by atoms with E-state index in [2.05, 4.69) is 41.1 Å². The highest BCUT2D eigenvalue weighted by molar-refractivity contribution is 5.87. The van der Waals surface area contributed by atoms with Gasteiger partial charge in [0.25, 0.3) is 0 Å². The van der Waals surface area contributed by atoms with Gasteiger partial charge >= 0.3 is 0 Å². The summed E-state index contributed by atoms with van der Waals surface area (Å²) in [4.78, 5) is 18.4. The number of aromatic amines is 1. The first-order valence-corrected chi connectivity index (χ1v) is 8.47. The first-order chi connectivity index (χ1) is 11.2. The molecule has 0 radical (unpaired) electrons. The Balaban J connectivity index is 1.82. The number of carbonyl (C=O) groups excluding carboxylic acids is 1. The predicted molar refractivity (Wildman–Crippen MR) is 88.9 cm³/mol. The zero-order chi connectivity index (χ0) is 16.0. The van der Waals surface area contributed by atoms with Crippen LogP contribution in [0.1, 0.15) is 43.5 Å². The van der Waals surface area contributed by atoms with E-state index in [1.165, 1.54) is 16.6 Å². The number of nitriles is 1. The van der Waals surface area contributed by atoms with Crippen molar-refractivity contribution in [3.63, 3.8) is 0 Å². The molecule has 1 N–H and O–H groups in total. The molecule has 0 aliphatic carbocycles. The summed E-state index contributed by atoms with van der Waals surface area (Å²) < 4.78 is 0. The molecule has 0 bridgehead atoms. The van der Waals surface area contributed by atoms with Crippen molar-refractivity contribution in [2.24, 2.45) is 5.92 Å². The molecule has 0 spiro atoms. The fourth-order valence-corrected chi connectivity index (χ4v) is 4.36. The van der Waals surface area contributed by atoms with E-state index in [0.29, 0.717) is 18.6 Å². The van der Waals surface area contributed by atoms with Gasteiger partial charge in [0.15, 0.2) is 0 Å². The number of fused-ring (bicyclic) bond motifs is 5. The minimum atomic E-state index is 0.111. The van der Waals surface area contributed by atoms with Crippen LogP contribution in [0.3, 0.4) is 0 Å². The molecule has 0 saturated carbocycles. The quantitative estimate of drug-likeness (QED) is 0.925. The van der Waals surface area contributed by atoms with Crippen molar-refractivity contribution in [1.82, 2.24) is 9.88 Å². The summed E-state index contributed by atoms with van der Waals surface area (Å²) in [6, 6.07) is 11.0. The van der Waals surface area contributed by atoms with Crippen LogP contribution in [0.2, 0.25) is 0 Å². The molecular weight excluding hydrogens is 286 g/mol. The van der Waals surface area contributed by atoms with Crippen molar-refractivity contribution in [3.05, 3.63) is 35.5 Å². The molecule has 3 atom stereocenters. The Bertz CT molecular complexity index is 801. The van der Waals surface area contributed by atoms with Gasteiger partial charge in [0, 0.05) is 41.5 Å². The fraction of sp³-hybridized carbons (Fsp3) is 0.474. The molecular formula is C19H21N3O. The number of rotatable bonds is 2.